The highest BCUT2D eigenvalue weighted by Gasteiger charge is 2.37. The predicted octanol–water partition coefficient (Wildman–Crippen LogP) is 7.83. The van der Waals surface area contributed by atoms with Gasteiger partial charge in [-0.25, -0.2) is 18.4 Å². The third kappa shape index (κ3) is 5.25. The number of fused-ring (bicyclic) bond motifs is 2. The van der Waals surface area contributed by atoms with Crippen LogP contribution in [-0.4, -0.2) is 35.0 Å². The van der Waals surface area contributed by atoms with Crippen LogP contribution in [0.3, 0.4) is 0 Å². The number of hydrogen-bond acceptors (Lipinski definition) is 6. The first-order chi connectivity index (χ1) is 22.4. The van der Waals surface area contributed by atoms with Gasteiger partial charge in [0.05, 0.1) is 5.56 Å². The summed E-state index contributed by atoms with van der Waals surface area (Å²) in [4.78, 5) is 26.4. The number of aromatic nitrogens is 4. The molecular weight excluding hydrogens is 619 g/mol. The molecule has 0 aliphatic carbocycles. The lowest BCUT2D eigenvalue weighted by molar-refractivity contribution is 0.603. The van der Waals surface area contributed by atoms with E-state index in [1.165, 1.54) is 45.4 Å². The molecule has 0 fully saturated rings. The van der Waals surface area contributed by atoms with Crippen molar-refractivity contribution in [3.8, 4) is 11.1 Å². The topological polar surface area (TPSA) is 98.1 Å². The van der Waals surface area contributed by atoms with Crippen molar-refractivity contribution in [2.24, 2.45) is 7.05 Å². The summed E-state index contributed by atoms with van der Waals surface area (Å²) >= 11 is 0. The standard InChI is InChI=1S/C21H24N2O.C18H21N3O2S/c1-11-12(2)14(4)18(15(5)13(11)3)19-16(6)17-9-8-10-22-20(17)23(7)21(19)24;1-10-9-11(2)15(13(4)12(10)3)17-14(5)16-18(20-8-7-19-16)21(6)24(17,22)23/h8-10H,1-7H3;7-9H,1-6H3. The quantitative estimate of drug-likeness (QED) is 0.191. The van der Waals surface area contributed by atoms with E-state index in [-0.39, 0.29) is 5.56 Å². The summed E-state index contributed by atoms with van der Waals surface area (Å²) in [5, 5.41) is 1.03. The molecule has 48 heavy (non-hydrogen) atoms. The van der Waals surface area contributed by atoms with Gasteiger partial charge in [-0.05, 0) is 155 Å². The molecule has 0 atom stereocenters. The number of rotatable bonds is 2. The van der Waals surface area contributed by atoms with Crippen molar-refractivity contribution < 1.29 is 8.42 Å². The molecule has 0 N–H and O–H groups in total. The van der Waals surface area contributed by atoms with Crippen LogP contribution in [0.25, 0.3) is 32.6 Å². The number of sulfonamides is 1. The number of nitrogens with zero attached hydrogens (tertiary/aromatic N) is 5. The van der Waals surface area contributed by atoms with Gasteiger partial charge in [0.25, 0.3) is 15.6 Å². The second-order valence-corrected chi connectivity index (χ2v) is 14.9. The van der Waals surface area contributed by atoms with E-state index in [0.717, 1.165) is 55.5 Å². The highest BCUT2D eigenvalue weighted by atomic mass is 32.2. The second kappa shape index (κ2) is 12.4. The molecule has 1 aliphatic rings. The Hall–Kier alpha value is -4.63. The molecule has 250 valence electrons. The summed E-state index contributed by atoms with van der Waals surface area (Å²) in [6, 6.07) is 6.01. The predicted molar refractivity (Wildman–Crippen MR) is 198 cm³/mol. The van der Waals surface area contributed by atoms with E-state index in [1.807, 2.05) is 59.7 Å². The van der Waals surface area contributed by atoms with Gasteiger partial charge in [-0.2, -0.15) is 0 Å². The van der Waals surface area contributed by atoms with Crippen molar-refractivity contribution in [2.75, 3.05) is 11.4 Å². The maximum atomic E-state index is 13.2. The van der Waals surface area contributed by atoms with Gasteiger partial charge in [-0.3, -0.25) is 18.7 Å². The first-order valence-electron chi connectivity index (χ1n) is 16.1. The van der Waals surface area contributed by atoms with Crippen molar-refractivity contribution in [1.82, 2.24) is 19.5 Å². The highest BCUT2D eigenvalue weighted by Crippen LogP contribution is 2.43. The van der Waals surface area contributed by atoms with Crippen LogP contribution in [0.1, 0.15) is 73.8 Å². The molecule has 9 heteroatoms. The van der Waals surface area contributed by atoms with Gasteiger partial charge in [0, 0.05) is 43.6 Å². The Balaban J connectivity index is 0.000000188. The van der Waals surface area contributed by atoms with E-state index < -0.39 is 10.0 Å². The number of benzene rings is 2. The Labute approximate surface area is 284 Å². The van der Waals surface area contributed by atoms with Gasteiger partial charge >= 0.3 is 0 Å². The molecule has 6 rings (SSSR count). The van der Waals surface area contributed by atoms with Crippen molar-refractivity contribution in [3.63, 3.8) is 0 Å². The molecule has 5 aromatic rings. The van der Waals surface area contributed by atoms with E-state index in [1.54, 1.807) is 24.0 Å². The number of aryl methyl sites for hydroxylation is 4. The Bertz CT molecular complexity index is 2340. The number of allylic oxidation sites excluding steroid dienone is 1. The minimum atomic E-state index is -3.68. The van der Waals surface area contributed by atoms with Gasteiger partial charge in [0.2, 0.25) is 0 Å². The second-order valence-electron chi connectivity index (χ2n) is 13.0. The van der Waals surface area contributed by atoms with Crippen LogP contribution in [0.2, 0.25) is 0 Å². The largest absolute Gasteiger partial charge is 0.295 e. The molecule has 0 spiro atoms. The minimum Gasteiger partial charge on any atom is -0.295 e. The van der Waals surface area contributed by atoms with Crippen LogP contribution in [0.4, 0.5) is 5.82 Å². The van der Waals surface area contributed by atoms with Crippen LogP contribution in [0.15, 0.2) is 41.6 Å². The normalized spacial score (nSPS) is 13.8. The number of anilines is 1. The maximum Gasteiger partial charge on any atom is 0.266 e. The molecule has 0 saturated carbocycles. The van der Waals surface area contributed by atoms with Crippen LogP contribution >= 0.6 is 0 Å². The fourth-order valence-corrected chi connectivity index (χ4v) is 8.70. The molecule has 0 amide bonds. The summed E-state index contributed by atoms with van der Waals surface area (Å²) in [7, 11) is -0.349. The Morgan fingerprint density at radius 3 is 1.79 bits per heavy atom. The maximum absolute atomic E-state index is 13.2. The zero-order valence-corrected chi connectivity index (χ0v) is 31.1. The monoisotopic (exact) mass is 663 g/mol. The number of pyridine rings is 2. The van der Waals surface area contributed by atoms with Crippen LogP contribution in [0, 0.1) is 69.2 Å². The fraction of sp³-hybridized carbons (Fsp3) is 0.333. The molecule has 4 heterocycles. The lowest BCUT2D eigenvalue weighted by Crippen LogP contribution is -2.33. The molecule has 0 bridgehead atoms. The molecule has 1 aliphatic heterocycles. The third-order valence-corrected chi connectivity index (χ3v) is 12.4. The van der Waals surface area contributed by atoms with Crippen molar-refractivity contribution in [1.29, 1.82) is 0 Å². The van der Waals surface area contributed by atoms with Crippen molar-refractivity contribution in [2.45, 2.75) is 76.2 Å². The van der Waals surface area contributed by atoms with Crippen molar-refractivity contribution in [3.05, 3.63) is 114 Å². The van der Waals surface area contributed by atoms with Crippen LogP contribution < -0.4 is 9.86 Å². The van der Waals surface area contributed by atoms with E-state index in [9.17, 15) is 13.2 Å². The summed E-state index contributed by atoms with van der Waals surface area (Å²) in [5.41, 5.74) is 16.1. The first-order valence-corrected chi connectivity index (χ1v) is 17.5. The molecule has 0 saturated heterocycles. The lowest BCUT2D eigenvalue weighted by atomic mass is 9.85. The SMILES string of the molecule is CC1=C(c2c(C)cc(C)c(C)c2C)S(=O)(=O)N(C)c2nccnc21.Cc1c(C)c(C)c(-c2c(C)c3cccnc3n(C)c2=O)c(C)c1C. The average molecular weight is 664 g/mol. The molecule has 3 aromatic heterocycles. The van der Waals surface area contributed by atoms with Crippen molar-refractivity contribution >= 4 is 37.4 Å². The zero-order chi connectivity index (χ0) is 35.6. The molecular formula is C39H45N5O3S. The van der Waals surface area contributed by atoms with Gasteiger partial charge in [-0.1, -0.05) is 6.07 Å². The molecule has 2 aromatic carbocycles. The lowest BCUT2D eigenvalue weighted by Gasteiger charge is -2.30. The Kier molecular flexibility index (Phi) is 8.99. The summed E-state index contributed by atoms with van der Waals surface area (Å²) < 4.78 is 29.3. The van der Waals surface area contributed by atoms with E-state index in [2.05, 4.69) is 49.6 Å². The Morgan fingerprint density at radius 2 is 1.17 bits per heavy atom. The first kappa shape index (κ1) is 34.7. The third-order valence-electron chi connectivity index (χ3n) is 10.5. The molecule has 0 unspecified atom stereocenters. The van der Waals surface area contributed by atoms with Gasteiger partial charge in [0.15, 0.2) is 5.82 Å². The fourth-order valence-electron chi connectivity index (χ4n) is 7.01. The number of hydrogen-bond donors (Lipinski definition) is 0. The molecule has 0 radical (unpaired) electrons. The summed E-state index contributed by atoms with van der Waals surface area (Å²) in [6.07, 6.45) is 4.83. The smallest absolute Gasteiger partial charge is 0.266 e. The zero-order valence-electron chi connectivity index (χ0n) is 30.3. The van der Waals surface area contributed by atoms with Gasteiger partial charge < -0.3 is 0 Å². The highest BCUT2D eigenvalue weighted by molar-refractivity contribution is 8.02. The van der Waals surface area contributed by atoms with Crippen LogP contribution in [-0.2, 0) is 17.1 Å². The van der Waals surface area contributed by atoms with Crippen LogP contribution in [0.5, 0.6) is 0 Å². The van der Waals surface area contributed by atoms with E-state index in [4.69, 9.17) is 0 Å². The van der Waals surface area contributed by atoms with E-state index >= 15 is 0 Å². The van der Waals surface area contributed by atoms with Gasteiger partial charge in [0.1, 0.15) is 16.2 Å². The summed E-state index contributed by atoms with van der Waals surface area (Å²) in [5.74, 6) is 0.373. The minimum absolute atomic E-state index is 0.0209. The Morgan fingerprint density at radius 1 is 0.604 bits per heavy atom. The van der Waals surface area contributed by atoms with Gasteiger partial charge in [-0.15, -0.1) is 0 Å². The van der Waals surface area contributed by atoms with E-state index in [0.29, 0.717) is 22.0 Å². The molecule has 8 nitrogen and oxygen atoms in total. The average Bonchev–Trinajstić information content (AvgIpc) is 3.06. The summed E-state index contributed by atoms with van der Waals surface area (Å²) in [6.45, 7) is 22.5.